The van der Waals surface area contributed by atoms with E-state index < -0.39 is 17.5 Å². The third kappa shape index (κ3) is 3.07. The second-order valence-electron chi connectivity index (χ2n) is 7.73. The Hall–Kier alpha value is -3.92. The van der Waals surface area contributed by atoms with Crippen molar-refractivity contribution in [3.63, 3.8) is 0 Å². The summed E-state index contributed by atoms with van der Waals surface area (Å²) in [5, 5.41) is 14.8. The van der Waals surface area contributed by atoms with Crippen LogP contribution >= 0.6 is 11.3 Å². The maximum atomic E-state index is 13.3. The molecule has 160 valence electrons. The lowest BCUT2D eigenvalue weighted by molar-refractivity contribution is -0.130. The molecule has 9 nitrogen and oxygen atoms in total. The topological polar surface area (TPSA) is 110 Å². The van der Waals surface area contributed by atoms with E-state index in [-0.39, 0.29) is 12.3 Å². The van der Waals surface area contributed by atoms with Crippen molar-refractivity contribution >= 4 is 39.1 Å². The summed E-state index contributed by atoms with van der Waals surface area (Å²) < 4.78 is 2.45. The molecular weight excluding hydrogens is 428 g/mol. The summed E-state index contributed by atoms with van der Waals surface area (Å²) in [6.45, 7) is 3.19. The minimum Gasteiger partial charge on any atom is -0.319 e. The molecule has 10 heteroatoms. The molecule has 4 aromatic rings. The van der Waals surface area contributed by atoms with Gasteiger partial charge in [-0.3, -0.25) is 14.5 Å². The molecule has 0 saturated carbocycles. The summed E-state index contributed by atoms with van der Waals surface area (Å²) in [5.74, 6) is -0.748. The Morgan fingerprint density at radius 2 is 1.97 bits per heavy atom. The number of rotatable bonds is 5. The van der Waals surface area contributed by atoms with Gasteiger partial charge in [0.05, 0.1) is 17.1 Å². The first-order chi connectivity index (χ1) is 15.4. The number of imide groups is 1. The average molecular weight is 446 g/mol. The summed E-state index contributed by atoms with van der Waals surface area (Å²) in [5.41, 5.74) is 0.763. The van der Waals surface area contributed by atoms with Gasteiger partial charge in [0.2, 0.25) is 0 Å². The highest BCUT2D eigenvalue weighted by molar-refractivity contribution is 7.21. The number of thiophene rings is 1. The molecule has 0 unspecified atom stereocenters. The first kappa shape index (κ1) is 20.0. The largest absolute Gasteiger partial charge is 0.325 e. The number of benzene rings is 2. The molecule has 2 aromatic heterocycles. The van der Waals surface area contributed by atoms with Crippen LogP contribution in [0.3, 0.4) is 0 Å². The molecular formula is C22H18N6O3S. The quantitative estimate of drug-likeness (QED) is 0.373. The van der Waals surface area contributed by atoms with Crippen LogP contribution in [0.4, 0.5) is 4.79 Å². The Kier molecular flexibility index (Phi) is 4.59. The van der Waals surface area contributed by atoms with Crippen molar-refractivity contribution < 1.29 is 14.4 Å². The van der Waals surface area contributed by atoms with Crippen molar-refractivity contribution in [1.82, 2.24) is 30.4 Å². The van der Waals surface area contributed by atoms with E-state index in [0.717, 1.165) is 20.5 Å². The van der Waals surface area contributed by atoms with Gasteiger partial charge < -0.3 is 5.32 Å². The van der Waals surface area contributed by atoms with Gasteiger partial charge >= 0.3 is 6.03 Å². The molecule has 3 amide bonds. The zero-order chi connectivity index (χ0) is 22.5. The van der Waals surface area contributed by atoms with Gasteiger partial charge in [-0.1, -0.05) is 30.3 Å². The molecule has 32 heavy (non-hydrogen) atoms. The zero-order valence-corrected chi connectivity index (χ0v) is 18.1. The summed E-state index contributed by atoms with van der Waals surface area (Å²) in [6.07, 6.45) is 1.44. The van der Waals surface area contributed by atoms with E-state index >= 15 is 0 Å². The number of carbonyl (C=O) groups excluding carboxylic acids is 3. The predicted octanol–water partition coefficient (Wildman–Crippen LogP) is 2.84. The Morgan fingerprint density at radius 1 is 1.16 bits per heavy atom. The van der Waals surface area contributed by atoms with E-state index in [1.807, 2.05) is 31.2 Å². The Morgan fingerprint density at radius 3 is 2.72 bits per heavy atom. The van der Waals surface area contributed by atoms with Gasteiger partial charge in [-0.2, -0.15) is 0 Å². The standard InChI is InChI=1S/C22H18N6O3S/c1-13-16-8-3-4-9-18(16)32-19(13)17(29)11-27-20(30)22(2,24-21(27)31)14-6-5-7-15(10-14)28-12-23-25-26-28/h3-10,12H,11H2,1-2H3,(H,24,31)/t22-/m0/s1. The molecule has 1 fully saturated rings. The third-order valence-electron chi connectivity index (χ3n) is 5.71. The molecule has 0 bridgehead atoms. The van der Waals surface area contributed by atoms with Crippen LogP contribution in [0.15, 0.2) is 54.9 Å². The molecule has 0 aliphatic carbocycles. The number of urea groups is 1. The van der Waals surface area contributed by atoms with Gasteiger partial charge in [0.15, 0.2) is 5.78 Å². The van der Waals surface area contributed by atoms with Gasteiger partial charge in [-0.15, -0.1) is 16.4 Å². The molecule has 1 aliphatic heterocycles. The Labute approximate surface area is 186 Å². The first-order valence-electron chi connectivity index (χ1n) is 9.88. The Balaban J connectivity index is 1.43. The second kappa shape index (κ2) is 7.34. The number of tetrazole rings is 1. The number of hydrogen-bond acceptors (Lipinski definition) is 7. The normalized spacial score (nSPS) is 18.4. The minimum absolute atomic E-state index is 0.265. The molecule has 1 N–H and O–H groups in total. The summed E-state index contributed by atoms with van der Waals surface area (Å²) in [6, 6.07) is 14.2. The van der Waals surface area contributed by atoms with E-state index in [1.165, 1.54) is 22.3 Å². The monoisotopic (exact) mass is 446 g/mol. The average Bonchev–Trinajstić information content (AvgIpc) is 3.50. The summed E-state index contributed by atoms with van der Waals surface area (Å²) in [4.78, 5) is 40.6. The van der Waals surface area contributed by atoms with Crippen LogP contribution in [0.25, 0.3) is 15.8 Å². The van der Waals surface area contributed by atoms with E-state index in [2.05, 4.69) is 20.8 Å². The lowest BCUT2D eigenvalue weighted by atomic mass is 9.91. The molecule has 3 heterocycles. The lowest BCUT2D eigenvalue weighted by Gasteiger charge is -2.22. The highest BCUT2D eigenvalue weighted by Gasteiger charge is 2.49. The molecule has 1 atom stereocenters. The highest BCUT2D eigenvalue weighted by atomic mass is 32.1. The maximum Gasteiger partial charge on any atom is 0.325 e. The number of fused-ring (bicyclic) bond motifs is 1. The molecule has 2 aromatic carbocycles. The van der Waals surface area contributed by atoms with Gasteiger partial charge in [-0.05, 0) is 59.0 Å². The van der Waals surface area contributed by atoms with Crippen LogP contribution in [-0.4, -0.2) is 49.4 Å². The van der Waals surface area contributed by atoms with Crippen LogP contribution in [0.2, 0.25) is 0 Å². The number of aromatic nitrogens is 4. The third-order valence-corrected chi connectivity index (χ3v) is 7.02. The SMILES string of the molecule is Cc1c(C(=O)CN2C(=O)N[C@@](C)(c3cccc(-n4cnnn4)c3)C2=O)sc2ccccc12. The van der Waals surface area contributed by atoms with E-state index in [4.69, 9.17) is 0 Å². The number of aryl methyl sites for hydroxylation is 1. The van der Waals surface area contributed by atoms with Crippen LogP contribution in [0.5, 0.6) is 0 Å². The van der Waals surface area contributed by atoms with Crippen molar-refractivity contribution in [1.29, 1.82) is 0 Å². The van der Waals surface area contributed by atoms with Gasteiger partial charge in [0.1, 0.15) is 11.9 Å². The molecule has 1 saturated heterocycles. The van der Waals surface area contributed by atoms with Crippen LogP contribution in [0.1, 0.15) is 27.7 Å². The van der Waals surface area contributed by atoms with E-state index in [0.29, 0.717) is 16.1 Å². The van der Waals surface area contributed by atoms with Gasteiger partial charge in [-0.25, -0.2) is 9.48 Å². The Bertz CT molecular complexity index is 1380. The molecule has 1 aliphatic rings. The maximum absolute atomic E-state index is 13.3. The van der Waals surface area contributed by atoms with E-state index in [9.17, 15) is 14.4 Å². The van der Waals surface area contributed by atoms with Crippen molar-refractivity contribution in [3.05, 3.63) is 70.9 Å². The number of amides is 3. The van der Waals surface area contributed by atoms with Gasteiger partial charge in [0.25, 0.3) is 5.91 Å². The van der Waals surface area contributed by atoms with Crippen LogP contribution in [0, 0.1) is 6.92 Å². The molecule has 0 spiro atoms. The first-order valence-corrected chi connectivity index (χ1v) is 10.7. The number of hydrogen-bond donors (Lipinski definition) is 1. The second-order valence-corrected chi connectivity index (χ2v) is 8.78. The summed E-state index contributed by atoms with van der Waals surface area (Å²) in [7, 11) is 0. The number of carbonyl (C=O) groups is 3. The predicted molar refractivity (Wildman–Crippen MR) is 118 cm³/mol. The fourth-order valence-electron chi connectivity index (χ4n) is 3.93. The lowest BCUT2D eigenvalue weighted by Crippen LogP contribution is -2.41. The van der Waals surface area contributed by atoms with Crippen LogP contribution < -0.4 is 5.32 Å². The molecule has 5 rings (SSSR count). The highest BCUT2D eigenvalue weighted by Crippen LogP contribution is 2.33. The number of Topliss-reactive ketones (excluding diaryl/α,β-unsaturated/α-hetero) is 1. The zero-order valence-electron chi connectivity index (χ0n) is 17.3. The van der Waals surface area contributed by atoms with Crippen molar-refractivity contribution in [2.24, 2.45) is 0 Å². The fourth-order valence-corrected chi connectivity index (χ4v) is 5.07. The van der Waals surface area contributed by atoms with Gasteiger partial charge in [0, 0.05) is 4.70 Å². The van der Waals surface area contributed by atoms with Crippen molar-refractivity contribution in [2.75, 3.05) is 6.54 Å². The minimum atomic E-state index is -1.31. The van der Waals surface area contributed by atoms with Crippen molar-refractivity contribution in [3.8, 4) is 5.69 Å². The van der Waals surface area contributed by atoms with Crippen LogP contribution in [-0.2, 0) is 10.3 Å². The molecule has 0 radical (unpaired) electrons. The van der Waals surface area contributed by atoms with Crippen molar-refractivity contribution in [2.45, 2.75) is 19.4 Å². The van der Waals surface area contributed by atoms with E-state index in [1.54, 1.807) is 31.2 Å². The number of ketones is 1. The number of nitrogens with one attached hydrogen (secondary N) is 1. The number of nitrogens with zero attached hydrogens (tertiary/aromatic N) is 5. The smallest absolute Gasteiger partial charge is 0.319 e. The fraction of sp³-hybridized carbons (Fsp3) is 0.182. The summed E-state index contributed by atoms with van der Waals surface area (Å²) >= 11 is 1.37.